The van der Waals surface area contributed by atoms with Crippen LogP contribution in [-0.4, -0.2) is 26.3 Å². The third-order valence-electron chi connectivity index (χ3n) is 5.67. The van der Waals surface area contributed by atoms with Gasteiger partial charge in [0.25, 0.3) is 0 Å². The van der Waals surface area contributed by atoms with Crippen LogP contribution in [0.5, 0.6) is 0 Å². The van der Waals surface area contributed by atoms with E-state index in [1.54, 1.807) is 43.7 Å². The molecule has 0 radical (unpaired) electrons. The lowest BCUT2D eigenvalue weighted by Gasteiger charge is -2.32. The van der Waals surface area contributed by atoms with Crippen molar-refractivity contribution in [2.45, 2.75) is 51.4 Å². The van der Waals surface area contributed by atoms with Gasteiger partial charge < -0.3 is 10.1 Å². The van der Waals surface area contributed by atoms with Gasteiger partial charge in [0.1, 0.15) is 5.60 Å². The summed E-state index contributed by atoms with van der Waals surface area (Å²) in [6, 6.07) is 16.3. The van der Waals surface area contributed by atoms with Crippen molar-refractivity contribution < 1.29 is 22.7 Å². The zero-order valence-corrected chi connectivity index (χ0v) is 20.4. The molecule has 1 amide bonds. The van der Waals surface area contributed by atoms with Crippen molar-refractivity contribution in [2.75, 3.05) is 0 Å². The van der Waals surface area contributed by atoms with E-state index in [1.165, 1.54) is 12.1 Å². The van der Waals surface area contributed by atoms with Gasteiger partial charge in [-0.15, -0.1) is 0 Å². The average molecular weight is 497 g/mol. The van der Waals surface area contributed by atoms with Gasteiger partial charge in [0.05, 0.1) is 23.0 Å². The van der Waals surface area contributed by atoms with Gasteiger partial charge in [0.2, 0.25) is 0 Å². The number of carbonyl (C=O) groups is 1. The normalized spacial score (nSPS) is 13.9. The van der Waals surface area contributed by atoms with E-state index in [-0.39, 0.29) is 0 Å². The number of carbonyl (C=O) groups excluding carboxylic acids is 1. The van der Waals surface area contributed by atoms with Crippen molar-refractivity contribution in [1.82, 2.24) is 19.9 Å². The molecule has 0 saturated heterocycles. The summed E-state index contributed by atoms with van der Waals surface area (Å²) in [5.41, 5.74) is 0.834. The maximum absolute atomic E-state index is 13.0. The highest BCUT2D eigenvalue weighted by Gasteiger charge is 2.34. The van der Waals surface area contributed by atoms with Crippen molar-refractivity contribution in [1.29, 1.82) is 0 Å². The number of hydrogen-bond donors (Lipinski definition) is 1. The van der Waals surface area contributed by atoms with Crippen LogP contribution in [0, 0.1) is 0 Å². The van der Waals surface area contributed by atoms with Crippen molar-refractivity contribution in [3.63, 3.8) is 0 Å². The molecule has 4 aromatic rings. The number of benzene rings is 2. The highest BCUT2D eigenvalue weighted by atomic mass is 19.4. The number of aromatic nitrogens is 3. The Balaban J connectivity index is 1.78. The minimum absolute atomic E-state index is 0.432. The van der Waals surface area contributed by atoms with Crippen molar-refractivity contribution in [3.8, 4) is 11.1 Å². The van der Waals surface area contributed by atoms with Gasteiger partial charge in [-0.3, -0.25) is 0 Å². The Bertz CT molecular complexity index is 1360. The summed E-state index contributed by atoms with van der Waals surface area (Å²) in [5, 5.41) is 7.50. The fraction of sp³-hybridized carbons (Fsp3) is 0.296. The second kappa shape index (κ2) is 9.29. The smallest absolute Gasteiger partial charge is 0.416 e. The molecule has 6 nitrogen and oxygen atoms in total. The standard InChI is InChI=1S/C27H27F3N4O2/c1-25(2,3)36-24(35)33-26(4,16-18-8-6-5-7-9-18)22-14-15-31-23-21(17-32-34(22)23)19-10-12-20(13-11-19)27(28,29)30/h5-15,17H,16H2,1-4H3,(H,33,35)/t26-/m1/s1. The Hall–Kier alpha value is -3.88. The molecule has 2 heterocycles. The molecule has 1 atom stereocenters. The molecule has 9 heteroatoms. The molecule has 36 heavy (non-hydrogen) atoms. The Morgan fingerprint density at radius 3 is 2.25 bits per heavy atom. The van der Waals surface area contributed by atoms with Crippen molar-refractivity contribution in [2.24, 2.45) is 0 Å². The highest BCUT2D eigenvalue weighted by Crippen LogP contribution is 2.33. The first-order chi connectivity index (χ1) is 16.9. The Morgan fingerprint density at radius 1 is 0.972 bits per heavy atom. The van der Waals surface area contributed by atoms with Gasteiger partial charge in [-0.25, -0.2) is 14.3 Å². The van der Waals surface area contributed by atoms with Crippen molar-refractivity contribution >= 4 is 11.7 Å². The molecule has 0 fully saturated rings. The molecule has 0 spiro atoms. The molecule has 1 N–H and O–H groups in total. The number of ether oxygens (including phenoxy) is 1. The molecule has 0 saturated carbocycles. The monoisotopic (exact) mass is 496 g/mol. The van der Waals surface area contributed by atoms with Crippen LogP contribution in [0.15, 0.2) is 73.1 Å². The van der Waals surface area contributed by atoms with E-state index in [0.717, 1.165) is 17.7 Å². The maximum Gasteiger partial charge on any atom is 0.416 e. The molecule has 2 aromatic carbocycles. The predicted octanol–water partition coefficient (Wildman–Crippen LogP) is 6.40. The van der Waals surface area contributed by atoms with E-state index in [9.17, 15) is 18.0 Å². The molecule has 4 rings (SSSR count). The van der Waals surface area contributed by atoms with E-state index in [1.807, 2.05) is 37.3 Å². The SMILES string of the molecule is CC(C)(C)OC(=O)N[C@](C)(Cc1ccccc1)c1ccnc2c(-c3ccc(C(F)(F)F)cc3)cnn12. The van der Waals surface area contributed by atoms with Gasteiger partial charge in [-0.05, 0) is 57.0 Å². The quantitative estimate of drug-likeness (QED) is 0.347. The number of fused-ring (bicyclic) bond motifs is 1. The van der Waals surface area contributed by atoms with E-state index >= 15 is 0 Å². The van der Waals surface area contributed by atoms with Crippen LogP contribution >= 0.6 is 0 Å². The number of amides is 1. The summed E-state index contributed by atoms with van der Waals surface area (Å²) in [5.74, 6) is 0. The lowest BCUT2D eigenvalue weighted by molar-refractivity contribution is -0.137. The Morgan fingerprint density at radius 2 is 1.64 bits per heavy atom. The van der Waals surface area contributed by atoms with E-state index in [0.29, 0.717) is 28.9 Å². The molecule has 0 aliphatic carbocycles. The van der Waals surface area contributed by atoms with E-state index in [4.69, 9.17) is 4.74 Å². The first kappa shape index (κ1) is 25.2. The number of alkyl carbamates (subject to hydrolysis) is 1. The third kappa shape index (κ3) is 5.50. The van der Waals surface area contributed by atoms with Crippen LogP contribution in [0.2, 0.25) is 0 Å². The molecule has 0 unspecified atom stereocenters. The number of nitrogens with zero attached hydrogens (tertiary/aromatic N) is 3. The predicted molar refractivity (Wildman–Crippen MR) is 130 cm³/mol. The molecular formula is C27H27F3N4O2. The number of halogens is 3. The van der Waals surface area contributed by atoms with Crippen LogP contribution in [0.1, 0.15) is 44.5 Å². The second-order valence-electron chi connectivity index (χ2n) is 9.82. The fourth-order valence-electron chi connectivity index (χ4n) is 4.08. The maximum atomic E-state index is 13.0. The first-order valence-corrected chi connectivity index (χ1v) is 11.4. The summed E-state index contributed by atoms with van der Waals surface area (Å²) in [7, 11) is 0. The van der Waals surface area contributed by atoms with E-state index in [2.05, 4.69) is 15.4 Å². The summed E-state index contributed by atoms with van der Waals surface area (Å²) >= 11 is 0. The second-order valence-corrected chi connectivity index (χ2v) is 9.82. The summed E-state index contributed by atoms with van der Waals surface area (Å²) in [6.45, 7) is 7.24. The lowest BCUT2D eigenvalue weighted by Crippen LogP contribution is -2.48. The Labute approximate surface area is 207 Å². The van der Waals surface area contributed by atoms with Crippen LogP contribution in [0.3, 0.4) is 0 Å². The number of hydrogen-bond acceptors (Lipinski definition) is 4. The third-order valence-corrected chi connectivity index (χ3v) is 5.67. The topological polar surface area (TPSA) is 68.5 Å². The zero-order valence-electron chi connectivity index (χ0n) is 20.4. The van der Waals surface area contributed by atoms with Crippen LogP contribution < -0.4 is 5.32 Å². The number of rotatable bonds is 5. The molecular weight excluding hydrogens is 469 g/mol. The first-order valence-electron chi connectivity index (χ1n) is 11.4. The van der Waals surface area contributed by atoms with Crippen LogP contribution in [0.4, 0.5) is 18.0 Å². The fourth-order valence-corrected chi connectivity index (χ4v) is 4.08. The molecule has 0 bridgehead atoms. The summed E-state index contributed by atoms with van der Waals surface area (Å²) in [6.07, 6.45) is -1.41. The van der Waals surface area contributed by atoms with Gasteiger partial charge in [-0.1, -0.05) is 42.5 Å². The highest BCUT2D eigenvalue weighted by molar-refractivity contribution is 5.77. The molecule has 2 aromatic heterocycles. The molecule has 0 aliphatic rings. The lowest BCUT2D eigenvalue weighted by atomic mass is 9.89. The zero-order chi connectivity index (χ0) is 26.1. The number of alkyl halides is 3. The molecule has 188 valence electrons. The average Bonchev–Trinajstić information content (AvgIpc) is 3.22. The van der Waals surface area contributed by atoms with Gasteiger partial charge in [0, 0.05) is 18.2 Å². The van der Waals surface area contributed by atoms with Gasteiger partial charge in [-0.2, -0.15) is 18.3 Å². The minimum atomic E-state index is -4.42. The van der Waals surface area contributed by atoms with Crippen LogP contribution in [0.25, 0.3) is 16.8 Å². The largest absolute Gasteiger partial charge is 0.444 e. The van der Waals surface area contributed by atoms with Crippen molar-refractivity contribution in [3.05, 3.63) is 89.9 Å². The summed E-state index contributed by atoms with van der Waals surface area (Å²) < 4.78 is 46.2. The summed E-state index contributed by atoms with van der Waals surface area (Å²) in [4.78, 5) is 17.3. The van der Waals surface area contributed by atoms with Gasteiger partial charge >= 0.3 is 12.3 Å². The Kier molecular flexibility index (Phi) is 6.51. The van der Waals surface area contributed by atoms with E-state index < -0.39 is 29.0 Å². The molecule has 0 aliphatic heterocycles. The van der Waals surface area contributed by atoms with Gasteiger partial charge in [0.15, 0.2) is 5.65 Å². The van der Waals surface area contributed by atoms with Crippen LogP contribution in [-0.2, 0) is 22.9 Å². The minimum Gasteiger partial charge on any atom is -0.444 e. The number of nitrogens with one attached hydrogen (secondary N) is 1.